The molecule has 0 aliphatic carbocycles. The zero-order valence-corrected chi connectivity index (χ0v) is 18.1. The van der Waals surface area contributed by atoms with E-state index in [-0.39, 0.29) is 11.5 Å². The fourth-order valence-corrected chi connectivity index (χ4v) is 4.65. The molecule has 0 aliphatic rings. The van der Waals surface area contributed by atoms with Gasteiger partial charge in [0.15, 0.2) is 5.78 Å². The van der Waals surface area contributed by atoms with Crippen LogP contribution in [-0.4, -0.2) is 25.7 Å². The molecule has 0 bridgehead atoms. The molecule has 0 atom stereocenters. The third-order valence-corrected chi connectivity index (χ3v) is 6.29. The second-order valence-electron chi connectivity index (χ2n) is 7.57. The van der Waals surface area contributed by atoms with Gasteiger partial charge in [-0.1, -0.05) is 23.4 Å². The summed E-state index contributed by atoms with van der Waals surface area (Å²) >= 11 is 1.45. The number of nitrogens with zero attached hydrogens (tertiary/aromatic N) is 3. The molecule has 4 aromatic rings. The van der Waals surface area contributed by atoms with E-state index in [0.717, 1.165) is 38.1 Å². The quantitative estimate of drug-likeness (QED) is 0.375. The molecule has 2 aromatic heterocycles. The largest absolute Gasteiger partial charge is 0.328 e. The summed E-state index contributed by atoms with van der Waals surface area (Å²) < 4.78 is 3.16. The molecular weight excluding hydrogens is 382 g/mol. The van der Waals surface area contributed by atoms with Gasteiger partial charge in [-0.2, -0.15) is 0 Å². The Hall–Kier alpha value is -2.86. The molecule has 0 saturated heterocycles. The number of hydrogen-bond donors (Lipinski definition) is 0. The monoisotopic (exact) mass is 405 g/mol. The first-order chi connectivity index (χ1) is 13.8. The van der Waals surface area contributed by atoms with E-state index in [2.05, 4.69) is 32.9 Å². The number of benzene rings is 2. The van der Waals surface area contributed by atoms with E-state index >= 15 is 0 Å². The number of pyridine rings is 1. The lowest BCUT2D eigenvalue weighted by Gasteiger charge is -2.09. The van der Waals surface area contributed by atoms with E-state index in [1.165, 1.54) is 17.3 Å². The molecule has 6 heteroatoms. The van der Waals surface area contributed by atoms with Crippen molar-refractivity contribution >= 4 is 39.5 Å². The summed E-state index contributed by atoms with van der Waals surface area (Å²) in [6, 6.07) is 11.8. The van der Waals surface area contributed by atoms with Crippen molar-refractivity contribution in [1.82, 2.24) is 14.1 Å². The van der Waals surface area contributed by atoms with Crippen molar-refractivity contribution in [1.29, 1.82) is 0 Å². The van der Waals surface area contributed by atoms with E-state index in [1.54, 1.807) is 35.4 Å². The van der Waals surface area contributed by atoms with Crippen LogP contribution in [0.15, 0.2) is 46.2 Å². The van der Waals surface area contributed by atoms with Gasteiger partial charge in [0.05, 0.1) is 27.3 Å². The number of ketones is 1. The molecular formula is C23H23N3O2S. The fourth-order valence-electron chi connectivity index (χ4n) is 3.79. The van der Waals surface area contributed by atoms with Crippen molar-refractivity contribution in [2.24, 2.45) is 14.1 Å². The van der Waals surface area contributed by atoms with Crippen LogP contribution in [0.1, 0.15) is 27.0 Å². The number of carbonyl (C=O) groups is 1. The predicted molar refractivity (Wildman–Crippen MR) is 119 cm³/mol. The number of aromatic nitrogens is 3. The molecule has 2 heterocycles. The van der Waals surface area contributed by atoms with Gasteiger partial charge < -0.3 is 0 Å². The predicted octanol–water partition coefficient (Wildman–Crippen LogP) is 4.33. The van der Waals surface area contributed by atoms with Gasteiger partial charge >= 0.3 is 5.69 Å². The van der Waals surface area contributed by atoms with Gasteiger partial charge in [0.1, 0.15) is 0 Å². The Morgan fingerprint density at radius 1 is 0.966 bits per heavy atom. The number of hydrogen-bond acceptors (Lipinski definition) is 4. The van der Waals surface area contributed by atoms with Crippen molar-refractivity contribution in [3.05, 3.63) is 69.1 Å². The Balaban J connectivity index is 1.61. The van der Waals surface area contributed by atoms with Crippen LogP contribution in [0, 0.1) is 20.8 Å². The zero-order chi connectivity index (χ0) is 20.9. The SMILES string of the molecule is Cc1cc(C)c2nc(SCC(=O)c3ccc4c(c3)n(C)c(=O)n4C)cc(C)c2c1. The molecule has 2 aromatic carbocycles. The normalized spacial score (nSPS) is 11.5. The van der Waals surface area contributed by atoms with Crippen molar-refractivity contribution in [3.63, 3.8) is 0 Å². The van der Waals surface area contributed by atoms with Gasteiger partial charge in [0.25, 0.3) is 0 Å². The Kier molecular flexibility index (Phi) is 4.82. The molecule has 0 saturated carbocycles. The molecule has 5 nitrogen and oxygen atoms in total. The van der Waals surface area contributed by atoms with E-state index < -0.39 is 0 Å². The van der Waals surface area contributed by atoms with Gasteiger partial charge in [-0.05, 0) is 62.2 Å². The maximum absolute atomic E-state index is 12.8. The van der Waals surface area contributed by atoms with E-state index in [1.807, 2.05) is 12.1 Å². The number of aryl methyl sites for hydroxylation is 5. The summed E-state index contributed by atoms with van der Waals surface area (Å²) in [5, 5.41) is 2.01. The highest BCUT2D eigenvalue weighted by Crippen LogP contribution is 2.27. The Morgan fingerprint density at radius 2 is 1.69 bits per heavy atom. The Labute approximate surface area is 173 Å². The van der Waals surface area contributed by atoms with Crippen LogP contribution in [0.3, 0.4) is 0 Å². The smallest absolute Gasteiger partial charge is 0.295 e. The second-order valence-corrected chi connectivity index (χ2v) is 8.57. The molecule has 0 amide bonds. The average molecular weight is 406 g/mol. The zero-order valence-electron chi connectivity index (χ0n) is 17.2. The summed E-state index contributed by atoms with van der Waals surface area (Å²) in [4.78, 5) is 29.7. The molecule has 29 heavy (non-hydrogen) atoms. The highest BCUT2D eigenvalue weighted by molar-refractivity contribution is 7.99. The minimum Gasteiger partial charge on any atom is -0.295 e. The minimum atomic E-state index is -0.0968. The first-order valence-corrected chi connectivity index (χ1v) is 10.4. The van der Waals surface area contributed by atoms with Gasteiger partial charge in [0.2, 0.25) is 0 Å². The lowest BCUT2D eigenvalue weighted by molar-refractivity contribution is 0.102. The van der Waals surface area contributed by atoms with Crippen LogP contribution >= 0.6 is 11.8 Å². The highest BCUT2D eigenvalue weighted by Gasteiger charge is 2.14. The van der Waals surface area contributed by atoms with Crippen LogP contribution in [0.2, 0.25) is 0 Å². The van der Waals surface area contributed by atoms with Crippen LogP contribution in [0.25, 0.3) is 21.9 Å². The maximum Gasteiger partial charge on any atom is 0.328 e. The maximum atomic E-state index is 12.8. The van der Waals surface area contributed by atoms with Gasteiger partial charge in [0, 0.05) is 25.0 Å². The first kappa shape index (κ1) is 19.5. The van der Waals surface area contributed by atoms with Crippen LogP contribution < -0.4 is 5.69 Å². The fraction of sp³-hybridized carbons (Fsp3) is 0.261. The molecule has 0 spiro atoms. The molecule has 0 aliphatic heterocycles. The molecule has 4 rings (SSSR count). The lowest BCUT2D eigenvalue weighted by Crippen LogP contribution is -2.19. The minimum absolute atomic E-state index is 0.0216. The third kappa shape index (κ3) is 3.38. The molecule has 0 fully saturated rings. The summed E-state index contributed by atoms with van der Waals surface area (Å²) in [5.74, 6) is 0.322. The van der Waals surface area contributed by atoms with Crippen LogP contribution in [-0.2, 0) is 14.1 Å². The Bertz CT molecular complexity index is 1350. The van der Waals surface area contributed by atoms with Crippen LogP contribution in [0.5, 0.6) is 0 Å². The number of carbonyl (C=O) groups excluding carboxylic acids is 1. The van der Waals surface area contributed by atoms with Gasteiger partial charge in [-0.3, -0.25) is 13.9 Å². The van der Waals surface area contributed by atoms with E-state index in [0.29, 0.717) is 11.3 Å². The Morgan fingerprint density at radius 3 is 2.45 bits per heavy atom. The first-order valence-electron chi connectivity index (χ1n) is 9.46. The van der Waals surface area contributed by atoms with Crippen molar-refractivity contribution < 1.29 is 4.79 Å². The van der Waals surface area contributed by atoms with E-state index in [9.17, 15) is 9.59 Å². The third-order valence-electron chi connectivity index (χ3n) is 5.38. The van der Waals surface area contributed by atoms with E-state index in [4.69, 9.17) is 4.98 Å². The molecule has 148 valence electrons. The number of fused-ring (bicyclic) bond motifs is 2. The molecule has 0 radical (unpaired) electrons. The van der Waals surface area contributed by atoms with Gasteiger partial charge in [-0.15, -0.1) is 0 Å². The topological polar surface area (TPSA) is 56.9 Å². The average Bonchev–Trinajstić information content (AvgIpc) is 2.91. The lowest BCUT2D eigenvalue weighted by atomic mass is 10.0. The summed E-state index contributed by atoms with van der Waals surface area (Å²) in [7, 11) is 3.46. The molecule has 0 unspecified atom stereocenters. The number of Topliss-reactive ketones (excluding diaryl/α,β-unsaturated/α-hetero) is 1. The van der Waals surface area contributed by atoms with Crippen molar-refractivity contribution in [3.8, 4) is 0 Å². The number of imidazole rings is 1. The van der Waals surface area contributed by atoms with Crippen molar-refractivity contribution in [2.75, 3.05) is 5.75 Å². The summed E-state index contributed by atoms with van der Waals surface area (Å²) in [6.07, 6.45) is 0. The number of rotatable bonds is 4. The van der Waals surface area contributed by atoms with Gasteiger partial charge in [-0.25, -0.2) is 9.78 Å². The van der Waals surface area contributed by atoms with Crippen LogP contribution in [0.4, 0.5) is 0 Å². The molecule has 0 N–H and O–H groups in total. The number of thioether (sulfide) groups is 1. The summed E-state index contributed by atoms with van der Waals surface area (Å²) in [5.41, 5.74) is 6.62. The summed E-state index contributed by atoms with van der Waals surface area (Å²) in [6.45, 7) is 6.24. The second kappa shape index (κ2) is 7.19. The van der Waals surface area contributed by atoms with Crippen molar-refractivity contribution in [2.45, 2.75) is 25.8 Å². The highest BCUT2D eigenvalue weighted by atomic mass is 32.2. The standard InChI is InChI=1S/C23H23N3O2S/c1-13-8-15(3)22-17(9-13)14(2)10-21(24-22)29-12-20(27)16-6-7-18-19(11-16)26(5)23(28)25(18)4/h6-11H,12H2,1-5H3.